The maximum absolute atomic E-state index is 12.0. The Bertz CT molecular complexity index is 381. The largest absolute Gasteiger partial charge is 0.445 e. The second-order valence-electron chi connectivity index (χ2n) is 4.76. The molecule has 0 saturated carbocycles. The van der Waals surface area contributed by atoms with E-state index in [0.717, 1.165) is 31.7 Å². The number of hydrogen-bond donors (Lipinski definition) is 1. The lowest BCUT2D eigenvalue weighted by molar-refractivity contribution is -0.130. The third-order valence-corrected chi connectivity index (χ3v) is 3.18. The monoisotopic (exact) mass is 251 g/mol. The summed E-state index contributed by atoms with van der Waals surface area (Å²) in [6.45, 7) is 4.53. The van der Waals surface area contributed by atoms with Crippen LogP contribution in [-0.4, -0.2) is 35.4 Å². The van der Waals surface area contributed by atoms with Crippen molar-refractivity contribution in [2.24, 2.45) is 0 Å². The van der Waals surface area contributed by atoms with Crippen LogP contribution in [0.2, 0.25) is 0 Å². The van der Waals surface area contributed by atoms with Crippen molar-refractivity contribution in [2.75, 3.05) is 19.6 Å². The van der Waals surface area contributed by atoms with Gasteiger partial charge in [0, 0.05) is 13.1 Å². The first-order valence-corrected chi connectivity index (χ1v) is 6.65. The summed E-state index contributed by atoms with van der Waals surface area (Å²) in [6.07, 6.45) is 6.43. The van der Waals surface area contributed by atoms with Gasteiger partial charge in [-0.3, -0.25) is 10.1 Å². The Balaban J connectivity index is 1.70. The minimum Gasteiger partial charge on any atom is -0.445 e. The van der Waals surface area contributed by atoms with Gasteiger partial charge in [0.05, 0.1) is 19.3 Å². The summed E-state index contributed by atoms with van der Waals surface area (Å²) in [6, 6.07) is 0. The highest BCUT2D eigenvalue weighted by Crippen LogP contribution is 2.09. The zero-order valence-electron chi connectivity index (χ0n) is 10.9. The number of oxazole rings is 1. The van der Waals surface area contributed by atoms with E-state index in [2.05, 4.69) is 10.3 Å². The van der Waals surface area contributed by atoms with Crippen LogP contribution in [0.25, 0.3) is 0 Å². The number of nitrogens with one attached hydrogen (secondary N) is 1. The highest BCUT2D eigenvalue weighted by molar-refractivity contribution is 5.78. The molecule has 1 saturated heterocycles. The fraction of sp³-hybridized carbons (Fsp3) is 0.692. The number of amides is 1. The molecule has 18 heavy (non-hydrogen) atoms. The third kappa shape index (κ3) is 3.84. The van der Waals surface area contributed by atoms with Crippen LogP contribution in [-0.2, 0) is 11.3 Å². The predicted molar refractivity (Wildman–Crippen MR) is 68.0 cm³/mol. The molecular weight excluding hydrogens is 230 g/mol. The number of aromatic nitrogens is 1. The van der Waals surface area contributed by atoms with Gasteiger partial charge in [0.2, 0.25) is 11.8 Å². The van der Waals surface area contributed by atoms with Crippen molar-refractivity contribution in [1.29, 1.82) is 0 Å². The number of nitrogens with zero attached hydrogens (tertiary/aromatic N) is 2. The fourth-order valence-electron chi connectivity index (χ4n) is 2.19. The Hall–Kier alpha value is -1.36. The van der Waals surface area contributed by atoms with Gasteiger partial charge in [0.25, 0.3) is 0 Å². The number of rotatable bonds is 4. The van der Waals surface area contributed by atoms with Crippen molar-refractivity contribution < 1.29 is 9.21 Å². The molecule has 1 aromatic rings. The van der Waals surface area contributed by atoms with E-state index in [0.29, 0.717) is 19.0 Å². The molecule has 1 fully saturated rings. The summed E-state index contributed by atoms with van der Waals surface area (Å²) in [4.78, 5) is 18.0. The van der Waals surface area contributed by atoms with Gasteiger partial charge in [-0.15, -0.1) is 0 Å². The average Bonchev–Trinajstić information content (AvgIpc) is 2.63. The van der Waals surface area contributed by atoms with E-state index in [4.69, 9.17) is 4.42 Å². The smallest absolute Gasteiger partial charge is 0.236 e. The summed E-state index contributed by atoms with van der Waals surface area (Å²) in [5.74, 6) is 1.61. The Morgan fingerprint density at radius 2 is 2.11 bits per heavy atom. The Labute approximate surface area is 108 Å². The first kappa shape index (κ1) is 13.1. The highest BCUT2D eigenvalue weighted by Gasteiger charge is 2.14. The van der Waals surface area contributed by atoms with Crippen molar-refractivity contribution in [3.63, 3.8) is 0 Å². The lowest BCUT2D eigenvalue weighted by Gasteiger charge is -2.20. The lowest BCUT2D eigenvalue weighted by Crippen LogP contribution is -2.38. The van der Waals surface area contributed by atoms with E-state index in [1.165, 1.54) is 12.8 Å². The van der Waals surface area contributed by atoms with Crippen molar-refractivity contribution in [3.8, 4) is 0 Å². The zero-order chi connectivity index (χ0) is 12.8. The number of hydrogen-bond acceptors (Lipinski definition) is 4. The molecule has 2 rings (SSSR count). The maximum Gasteiger partial charge on any atom is 0.236 e. The molecule has 1 amide bonds. The van der Waals surface area contributed by atoms with Crippen molar-refractivity contribution in [3.05, 3.63) is 17.8 Å². The molecule has 1 aromatic heterocycles. The second-order valence-corrected chi connectivity index (χ2v) is 4.76. The van der Waals surface area contributed by atoms with Crippen LogP contribution >= 0.6 is 0 Å². The van der Waals surface area contributed by atoms with Crippen molar-refractivity contribution in [1.82, 2.24) is 15.2 Å². The van der Waals surface area contributed by atoms with E-state index in [-0.39, 0.29) is 5.91 Å². The van der Waals surface area contributed by atoms with Gasteiger partial charge in [-0.2, -0.15) is 0 Å². The average molecular weight is 251 g/mol. The normalized spacial score (nSPS) is 16.6. The first-order valence-electron chi connectivity index (χ1n) is 6.65. The van der Waals surface area contributed by atoms with E-state index < -0.39 is 0 Å². The quantitative estimate of drug-likeness (QED) is 0.880. The summed E-state index contributed by atoms with van der Waals surface area (Å²) in [5, 5.41) is 3.09. The third-order valence-electron chi connectivity index (χ3n) is 3.18. The van der Waals surface area contributed by atoms with Crippen LogP contribution < -0.4 is 5.32 Å². The molecular formula is C13H21N3O2. The van der Waals surface area contributed by atoms with Crippen molar-refractivity contribution in [2.45, 2.75) is 39.2 Å². The number of carbonyl (C=O) groups is 1. The van der Waals surface area contributed by atoms with E-state index >= 15 is 0 Å². The molecule has 5 heteroatoms. The SMILES string of the molecule is Cc1cnc(CNCC(=O)N2CCCCCC2)o1. The Kier molecular flexibility index (Phi) is 4.75. The Morgan fingerprint density at radius 3 is 2.72 bits per heavy atom. The number of likely N-dealkylation sites (tertiary alicyclic amines) is 1. The lowest BCUT2D eigenvalue weighted by atomic mass is 10.2. The van der Waals surface area contributed by atoms with Crippen molar-refractivity contribution >= 4 is 5.91 Å². The molecule has 1 aliphatic heterocycles. The maximum atomic E-state index is 12.0. The van der Waals surface area contributed by atoms with Crippen LogP contribution in [0.4, 0.5) is 0 Å². The molecule has 0 radical (unpaired) electrons. The topological polar surface area (TPSA) is 58.4 Å². The van der Waals surface area contributed by atoms with Gasteiger partial charge in [-0.1, -0.05) is 12.8 Å². The summed E-state index contributed by atoms with van der Waals surface area (Å²) >= 11 is 0. The number of aryl methyl sites for hydroxylation is 1. The molecule has 0 atom stereocenters. The van der Waals surface area contributed by atoms with Crippen LogP contribution in [0.3, 0.4) is 0 Å². The molecule has 2 heterocycles. The van der Waals surface area contributed by atoms with Crippen LogP contribution in [0, 0.1) is 6.92 Å². The second kappa shape index (κ2) is 6.54. The molecule has 0 aliphatic carbocycles. The minimum atomic E-state index is 0.181. The molecule has 0 aromatic carbocycles. The summed E-state index contributed by atoms with van der Waals surface area (Å²) < 4.78 is 5.33. The molecule has 0 spiro atoms. The van der Waals surface area contributed by atoms with Crippen LogP contribution in [0.5, 0.6) is 0 Å². The standard InChI is InChI=1S/C13H21N3O2/c1-11-8-15-12(18-11)9-14-10-13(17)16-6-4-2-3-5-7-16/h8,14H,2-7,9-10H2,1H3. The molecule has 1 aliphatic rings. The van der Waals surface area contributed by atoms with Gasteiger partial charge in [-0.05, 0) is 19.8 Å². The van der Waals surface area contributed by atoms with E-state index in [1.54, 1.807) is 6.20 Å². The van der Waals surface area contributed by atoms with Crippen LogP contribution in [0.1, 0.15) is 37.3 Å². The van der Waals surface area contributed by atoms with Gasteiger partial charge >= 0.3 is 0 Å². The van der Waals surface area contributed by atoms with Gasteiger partial charge < -0.3 is 9.32 Å². The van der Waals surface area contributed by atoms with E-state index in [9.17, 15) is 4.79 Å². The van der Waals surface area contributed by atoms with E-state index in [1.807, 2.05) is 11.8 Å². The predicted octanol–water partition coefficient (Wildman–Crippen LogP) is 1.48. The molecule has 0 bridgehead atoms. The first-order chi connectivity index (χ1) is 8.75. The fourth-order valence-corrected chi connectivity index (χ4v) is 2.19. The Morgan fingerprint density at radius 1 is 1.39 bits per heavy atom. The van der Waals surface area contributed by atoms with Gasteiger partial charge in [0.15, 0.2) is 0 Å². The molecule has 1 N–H and O–H groups in total. The molecule has 5 nitrogen and oxygen atoms in total. The van der Waals surface area contributed by atoms with Gasteiger partial charge in [-0.25, -0.2) is 4.98 Å². The minimum absolute atomic E-state index is 0.181. The van der Waals surface area contributed by atoms with Crippen LogP contribution in [0.15, 0.2) is 10.6 Å². The highest BCUT2D eigenvalue weighted by atomic mass is 16.4. The number of carbonyl (C=O) groups excluding carboxylic acids is 1. The summed E-state index contributed by atoms with van der Waals surface area (Å²) in [5.41, 5.74) is 0. The molecule has 100 valence electrons. The molecule has 0 unspecified atom stereocenters. The zero-order valence-corrected chi connectivity index (χ0v) is 10.9. The van der Waals surface area contributed by atoms with Gasteiger partial charge in [0.1, 0.15) is 5.76 Å². The summed E-state index contributed by atoms with van der Waals surface area (Å²) in [7, 11) is 0.